The maximum Gasteiger partial charge on any atom is 0.412 e. The Balaban J connectivity index is 1.82. The Morgan fingerprint density at radius 1 is 1.14 bits per heavy atom. The van der Waals surface area contributed by atoms with Gasteiger partial charge < -0.3 is 14.8 Å². The third kappa shape index (κ3) is 4.62. The number of methoxy groups -OCH3 is 2. The molecule has 0 bridgehead atoms. The number of aromatic nitrogens is 2. The van der Waals surface area contributed by atoms with Crippen LogP contribution in [-0.2, 0) is 11.2 Å². The molecule has 0 unspecified atom stereocenters. The molecule has 7 nitrogen and oxygen atoms in total. The summed E-state index contributed by atoms with van der Waals surface area (Å²) < 4.78 is 9.66. The molecule has 1 aromatic heterocycles. The molecule has 0 aliphatic rings. The van der Waals surface area contributed by atoms with Crippen LogP contribution in [0.2, 0.25) is 0 Å². The molecule has 0 saturated carbocycles. The SMILES string of the molecule is COC(=O)Nc1ccc(NCCc2cccc(OC)c2)nn1. The highest BCUT2D eigenvalue weighted by Crippen LogP contribution is 2.13. The lowest BCUT2D eigenvalue weighted by Gasteiger charge is -2.07. The van der Waals surface area contributed by atoms with E-state index in [0.717, 1.165) is 12.2 Å². The van der Waals surface area contributed by atoms with E-state index < -0.39 is 6.09 Å². The van der Waals surface area contributed by atoms with Crippen molar-refractivity contribution < 1.29 is 14.3 Å². The number of hydrogen-bond donors (Lipinski definition) is 2. The summed E-state index contributed by atoms with van der Waals surface area (Å²) in [6.07, 6.45) is 0.258. The van der Waals surface area contributed by atoms with Gasteiger partial charge in [0.2, 0.25) is 0 Å². The van der Waals surface area contributed by atoms with E-state index >= 15 is 0 Å². The third-order valence-electron chi connectivity index (χ3n) is 2.93. The molecule has 0 aliphatic carbocycles. The number of carbonyl (C=O) groups excluding carboxylic acids is 1. The molecule has 0 atom stereocenters. The minimum atomic E-state index is -0.576. The highest BCUT2D eigenvalue weighted by molar-refractivity contribution is 5.83. The van der Waals surface area contributed by atoms with E-state index in [1.807, 2.05) is 24.3 Å². The fourth-order valence-electron chi connectivity index (χ4n) is 1.81. The molecule has 7 heteroatoms. The second-order valence-electron chi connectivity index (χ2n) is 4.45. The number of rotatable bonds is 6. The quantitative estimate of drug-likeness (QED) is 0.851. The van der Waals surface area contributed by atoms with Gasteiger partial charge in [0.15, 0.2) is 5.82 Å². The topological polar surface area (TPSA) is 85.4 Å². The van der Waals surface area contributed by atoms with Gasteiger partial charge in [0.25, 0.3) is 0 Å². The maximum atomic E-state index is 11.0. The minimum absolute atomic E-state index is 0.338. The van der Waals surface area contributed by atoms with E-state index in [2.05, 4.69) is 25.6 Å². The van der Waals surface area contributed by atoms with Crippen molar-refractivity contribution in [2.75, 3.05) is 31.4 Å². The highest BCUT2D eigenvalue weighted by Gasteiger charge is 2.03. The van der Waals surface area contributed by atoms with Crippen LogP contribution < -0.4 is 15.4 Å². The second kappa shape index (κ2) is 7.82. The largest absolute Gasteiger partial charge is 0.497 e. The van der Waals surface area contributed by atoms with E-state index in [9.17, 15) is 4.79 Å². The first-order chi connectivity index (χ1) is 10.7. The lowest BCUT2D eigenvalue weighted by atomic mass is 10.1. The van der Waals surface area contributed by atoms with Crippen molar-refractivity contribution >= 4 is 17.7 Å². The first-order valence-corrected chi connectivity index (χ1v) is 6.77. The van der Waals surface area contributed by atoms with E-state index in [4.69, 9.17) is 4.74 Å². The van der Waals surface area contributed by atoms with Gasteiger partial charge in [0, 0.05) is 6.54 Å². The molecule has 2 N–H and O–H groups in total. The van der Waals surface area contributed by atoms with Gasteiger partial charge in [-0.25, -0.2) is 4.79 Å². The van der Waals surface area contributed by atoms with Crippen LogP contribution >= 0.6 is 0 Å². The maximum absolute atomic E-state index is 11.0. The number of ether oxygens (including phenoxy) is 2. The number of nitrogens with one attached hydrogen (secondary N) is 2. The van der Waals surface area contributed by atoms with Crippen molar-refractivity contribution in [2.45, 2.75) is 6.42 Å². The summed E-state index contributed by atoms with van der Waals surface area (Å²) >= 11 is 0. The first-order valence-electron chi connectivity index (χ1n) is 6.77. The Kier molecular flexibility index (Phi) is 5.53. The minimum Gasteiger partial charge on any atom is -0.497 e. The smallest absolute Gasteiger partial charge is 0.412 e. The van der Waals surface area contributed by atoms with Crippen molar-refractivity contribution in [1.82, 2.24) is 10.2 Å². The van der Waals surface area contributed by atoms with Gasteiger partial charge in [-0.3, -0.25) is 5.32 Å². The molecule has 0 spiro atoms. The van der Waals surface area contributed by atoms with Crippen molar-refractivity contribution in [3.05, 3.63) is 42.0 Å². The molecule has 1 heterocycles. The molecule has 2 aromatic rings. The van der Waals surface area contributed by atoms with E-state index in [1.54, 1.807) is 19.2 Å². The van der Waals surface area contributed by atoms with E-state index in [-0.39, 0.29) is 0 Å². The zero-order valence-electron chi connectivity index (χ0n) is 12.5. The zero-order valence-corrected chi connectivity index (χ0v) is 12.5. The van der Waals surface area contributed by atoms with Gasteiger partial charge in [-0.2, -0.15) is 0 Å². The van der Waals surface area contributed by atoms with E-state index in [1.165, 1.54) is 12.7 Å². The number of benzene rings is 1. The van der Waals surface area contributed by atoms with Crippen molar-refractivity contribution in [1.29, 1.82) is 0 Å². The predicted molar refractivity (Wildman–Crippen MR) is 83.2 cm³/mol. The molecule has 2 rings (SSSR count). The molecule has 0 fully saturated rings. The monoisotopic (exact) mass is 302 g/mol. The molecular weight excluding hydrogens is 284 g/mol. The average Bonchev–Trinajstić information content (AvgIpc) is 2.56. The van der Waals surface area contributed by atoms with Crippen molar-refractivity contribution in [2.24, 2.45) is 0 Å². The lowest BCUT2D eigenvalue weighted by molar-refractivity contribution is 0.187. The molecule has 0 saturated heterocycles. The summed E-state index contributed by atoms with van der Waals surface area (Å²) in [5, 5.41) is 13.5. The molecule has 22 heavy (non-hydrogen) atoms. The lowest BCUT2D eigenvalue weighted by Crippen LogP contribution is -2.13. The summed E-state index contributed by atoms with van der Waals surface area (Å²) in [5.41, 5.74) is 1.17. The Labute approximate surface area is 128 Å². The third-order valence-corrected chi connectivity index (χ3v) is 2.93. The van der Waals surface area contributed by atoms with Crippen LogP contribution in [0.15, 0.2) is 36.4 Å². The number of hydrogen-bond acceptors (Lipinski definition) is 6. The van der Waals surface area contributed by atoms with Crippen molar-refractivity contribution in [3.63, 3.8) is 0 Å². The standard InChI is InChI=1S/C15H18N4O3/c1-21-12-5-3-4-11(10-12)8-9-16-13-6-7-14(19-18-13)17-15(20)22-2/h3-7,10H,8-9H2,1-2H3,(H,16,18)(H,17,19,20). The van der Waals surface area contributed by atoms with Gasteiger partial charge in [-0.15, -0.1) is 10.2 Å². The fraction of sp³-hybridized carbons (Fsp3) is 0.267. The Morgan fingerprint density at radius 3 is 2.59 bits per heavy atom. The fourth-order valence-corrected chi connectivity index (χ4v) is 1.81. The molecular formula is C15H18N4O3. The Morgan fingerprint density at radius 2 is 1.91 bits per heavy atom. The summed E-state index contributed by atoms with van der Waals surface area (Å²) in [7, 11) is 2.94. The second-order valence-corrected chi connectivity index (χ2v) is 4.45. The van der Waals surface area contributed by atoms with Crippen LogP contribution in [-0.4, -0.2) is 37.1 Å². The highest BCUT2D eigenvalue weighted by atomic mass is 16.5. The van der Waals surface area contributed by atoms with Crippen LogP contribution in [0.3, 0.4) is 0 Å². The molecule has 0 radical (unpaired) electrons. The van der Waals surface area contributed by atoms with E-state index in [0.29, 0.717) is 18.2 Å². The number of amides is 1. The number of carbonyl (C=O) groups is 1. The Bertz CT molecular complexity index is 616. The summed E-state index contributed by atoms with van der Waals surface area (Å²) in [5.74, 6) is 1.82. The van der Waals surface area contributed by atoms with Crippen LogP contribution in [0, 0.1) is 0 Å². The zero-order chi connectivity index (χ0) is 15.8. The molecule has 116 valence electrons. The number of anilines is 2. The van der Waals surface area contributed by atoms with Crippen LogP contribution in [0.4, 0.5) is 16.4 Å². The molecule has 1 aromatic carbocycles. The average molecular weight is 302 g/mol. The van der Waals surface area contributed by atoms with Crippen molar-refractivity contribution in [3.8, 4) is 5.75 Å². The van der Waals surface area contributed by atoms with Gasteiger partial charge in [0.05, 0.1) is 14.2 Å². The molecule has 0 aliphatic heterocycles. The van der Waals surface area contributed by atoms with Gasteiger partial charge in [-0.05, 0) is 36.2 Å². The van der Waals surface area contributed by atoms with Crippen LogP contribution in [0.5, 0.6) is 5.75 Å². The predicted octanol–water partition coefficient (Wildman–Crippen LogP) is 2.32. The number of nitrogens with zero attached hydrogens (tertiary/aromatic N) is 2. The van der Waals surface area contributed by atoms with Gasteiger partial charge in [0.1, 0.15) is 11.6 Å². The van der Waals surface area contributed by atoms with Crippen LogP contribution in [0.25, 0.3) is 0 Å². The van der Waals surface area contributed by atoms with Crippen LogP contribution in [0.1, 0.15) is 5.56 Å². The first kappa shape index (κ1) is 15.6. The summed E-state index contributed by atoms with van der Waals surface area (Å²) in [6, 6.07) is 11.3. The molecule has 1 amide bonds. The Hall–Kier alpha value is -2.83. The van der Waals surface area contributed by atoms with Gasteiger partial charge >= 0.3 is 6.09 Å². The van der Waals surface area contributed by atoms with Gasteiger partial charge in [-0.1, -0.05) is 12.1 Å². The summed E-state index contributed by atoms with van der Waals surface area (Å²) in [6.45, 7) is 0.714. The normalized spacial score (nSPS) is 9.91. The summed E-state index contributed by atoms with van der Waals surface area (Å²) in [4.78, 5) is 11.0.